The normalized spacial score (nSPS) is 10.2. The zero-order valence-corrected chi connectivity index (χ0v) is 10.0. The molecule has 0 spiro atoms. The first-order valence-corrected chi connectivity index (χ1v) is 5.72. The van der Waals surface area contributed by atoms with E-state index in [1.807, 2.05) is 13.1 Å². The minimum Gasteiger partial charge on any atom is -0.485 e. The van der Waals surface area contributed by atoms with Gasteiger partial charge in [0.2, 0.25) is 0 Å². The van der Waals surface area contributed by atoms with Gasteiger partial charge in [-0.25, -0.2) is 5.84 Å². The summed E-state index contributed by atoms with van der Waals surface area (Å²) in [5, 5.41) is 3.99. The van der Waals surface area contributed by atoms with Gasteiger partial charge in [0, 0.05) is 11.9 Å². The summed E-state index contributed by atoms with van der Waals surface area (Å²) in [4.78, 5) is 12.7. The van der Waals surface area contributed by atoms with Crippen LogP contribution in [-0.4, -0.2) is 15.7 Å². The Labute approximate surface area is 102 Å². The number of thiophene rings is 1. The molecule has 2 heterocycles. The van der Waals surface area contributed by atoms with Gasteiger partial charge in [0.25, 0.3) is 5.91 Å². The number of ether oxygens (including phenoxy) is 1. The predicted octanol–water partition coefficient (Wildman–Crippen LogP) is 0.664. The van der Waals surface area contributed by atoms with Crippen LogP contribution in [0.4, 0.5) is 0 Å². The molecule has 0 aliphatic rings. The summed E-state index contributed by atoms with van der Waals surface area (Å²) in [6.07, 6.45) is 3.42. The molecular formula is C10H12N4O2S. The molecule has 0 fully saturated rings. The number of amides is 1. The Morgan fingerprint density at radius 1 is 1.65 bits per heavy atom. The molecule has 1 amide bonds. The topological polar surface area (TPSA) is 82.2 Å². The van der Waals surface area contributed by atoms with Gasteiger partial charge >= 0.3 is 0 Å². The molecule has 2 rings (SSSR count). The number of nitrogens with zero attached hydrogens (tertiary/aromatic N) is 2. The molecular weight excluding hydrogens is 240 g/mol. The highest BCUT2D eigenvalue weighted by Crippen LogP contribution is 2.18. The molecule has 0 aliphatic carbocycles. The van der Waals surface area contributed by atoms with Crippen molar-refractivity contribution in [2.75, 3.05) is 0 Å². The number of aryl methyl sites for hydroxylation is 1. The number of carbonyl (C=O) groups is 1. The summed E-state index contributed by atoms with van der Waals surface area (Å²) < 4.78 is 7.17. The van der Waals surface area contributed by atoms with Crippen LogP contribution in [0.15, 0.2) is 24.5 Å². The van der Waals surface area contributed by atoms with Crippen LogP contribution in [0.3, 0.4) is 0 Å². The van der Waals surface area contributed by atoms with E-state index in [0.29, 0.717) is 17.2 Å². The molecule has 2 aromatic rings. The van der Waals surface area contributed by atoms with E-state index in [1.54, 1.807) is 23.1 Å². The molecule has 17 heavy (non-hydrogen) atoms. The van der Waals surface area contributed by atoms with Gasteiger partial charge in [-0.1, -0.05) is 0 Å². The summed E-state index contributed by atoms with van der Waals surface area (Å²) in [7, 11) is 1.82. The Morgan fingerprint density at radius 2 is 2.47 bits per heavy atom. The minimum absolute atomic E-state index is 0.289. The largest absolute Gasteiger partial charge is 0.485 e. The smallest absolute Gasteiger partial charge is 0.275 e. The van der Waals surface area contributed by atoms with Crippen molar-refractivity contribution < 1.29 is 9.53 Å². The van der Waals surface area contributed by atoms with E-state index in [1.165, 1.54) is 11.3 Å². The van der Waals surface area contributed by atoms with Gasteiger partial charge in [0.1, 0.15) is 6.61 Å². The van der Waals surface area contributed by atoms with Crippen molar-refractivity contribution in [3.8, 4) is 5.75 Å². The Bertz CT molecular complexity index is 520. The van der Waals surface area contributed by atoms with Crippen molar-refractivity contribution in [2.45, 2.75) is 6.61 Å². The maximum atomic E-state index is 11.2. The van der Waals surface area contributed by atoms with E-state index < -0.39 is 0 Å². The molecule has 0 bridgehead atoms. The van der Waals surface area contributed by atoms with Crippen LogP contribution < -0.4 is 16.0 Å². The number of hydrazine groups is 1. The summed E-state index contributed by atoms with van der Waals surface area (Å²) in [5.74, 6) is 5.46. The lowest BCUT2D eigenvalue weighted by Gasteiger charge is -1.99. The van der Waals surface area contributed by atoms with E-state index in [9.17, 15) is 4.79 Å². The molecule has 0 radical (unpaired) electrons. The molecule has 0 aliphatic heterocycles. The molecule has 0 atom stereocenters. The maximum Gasteiger partial charge on any atom is 0.275 e. The van der Waals surface area contributed by atoms with Crippen LogP contribution in [0.1, 0.15) is 14.5 Å². The second kappa shape index (κ2) is 4.98. The molecule has 90 valence electrons. The van der Waals surface area contributed by atoms with Crippen molar-refractivity contribution >= 4 is 17.2 Å². The predicted molar refractivity (Wildman–Crippen MR) is 63.5 cm³/mol. The fourth-order valence-corrected chi connectivity index (χ4v) is 2.10. The molecule has 7 heteroatoms. The lowest BCUT2D eigenvalue weighted by Crippen LogP contribution is -2.29. The summed E-state index contributed by atoms with van der Waals surface area (Å²) >= 11 is 1.35. The third-order valence-electron chi connectivity index (χ3n) is 2.08. The number of carbonyl (C=O) groups excluding carboxylic acids is 1. The summed E-state index contributed by atoms with van der Waals surface area (Å²) in [5.41, 5.74) is 2.09. The second-order valence-electron chi connectivity index (χ2n) is 3.38. The monoisotopic (exact) mass is 252 g/mol. The number of rotatable bonds is 4. The van der Waals surface area contributed by atoms with Gasteiger partial charge in [0.15, 0.2) is 5.75 Å². The molecule has 0 saturated heterocycles. The Kier molecular flexibility index (Phi) is 3.40. The molecule has 0 saturated carbocycles. The maximum absolute atomic E-state index is 11.2. The lowest BCUT2D eigenvalue weighted by atomic mass is 10.4. The van der Waals surface area contributed by atoms with E-state index in [-0.39, 0.29) is 5.91 Å². The first-order valence-electron chi connectivity index (χ1n) is 4.90. The average Bonchev–Trinajstić information content (AvgIpc) is 2.94. The molecule has 6 nitrogen and oxygen atoms in total. The average molecular weight is 252 g/mol. The van der Waals surface area contributed by atoms with Crippen LogP contribution in [0.2, 0.25) is 0 Å². The highest BCUT2D eigenvalue weighted by molar-refractivity contribution is 7.14. The van der Waals surface area contributed by atoms with E-state index in [0.717, 1.165) is 4.88 Å². The number of nitrogen functional groups attached to an aromatic ring is 1. The van der Waals surface area contributed by atoms with Gasteiger partial charge in [-0.3, -0.25) is 14.9 Å². The van der Waals surface area contributed by atoms with Crippen molar-refractivity contribution in [1.29, 1.82) is 0 Å². The molecule has 3 N–H and O–H groups in total. The first kappa shape index (κ1) is 11.6. The lowest BCUT2D eigenvalue weighted by molar-refractivity contribution is 0.0957. The van der Waals surface area contributed by atoms with Crippen LogP contribution in [0.25, 0.3) is 0 Å². The fourth-order valence-electron chi connectivity index (χ4n) is 1.28. The molecule has 2 aromatic heterocycles. The quantitative estimate of drug-likeness (QED) is 0.476. The number of hydrogen-bond donors (Lipinski definition) is 2. The van der Waals surface area contributed by atoms with E-state index >= 15 is 0 Å². The van der Waals surface area contributed by atoms with Gasteiger partial charge in [0.05, 0.1) is 17.3 Å². The molecule has 0 aromatic carbocycles. The van der Waals surface area contributed by atoms with Crippen molar-refractivity contribution in [3.63, 3.8) is 0 Å². The van der Waals surface area contributed by atoms with Crippen LogP contribution in [-0.2, 0) is 13.7 Å². The summed E-state index contributed by atoms with van der Waals surface area (Å²) in [6, 6.07) is 3.56. The van der Waals surface area contributed by atoms with Gasteiger partial charge in [-0.2, -0.15) is 5.10 Å². The summed E-state index contributed by atoms with van der Waals surface area (Å²) in [6.45, 7) is 0.411. The highest BCUT2D eigenvalue weighted by Gasteiger charge is 2.08. The van der Waals surface area contributed by atoms with Crippen molar-refractivity contribution in [1.82, 2.24) is 15.2 Å². The SMILES string of the molecule is Cn1cc(OCc2ccc(C(=O)NN)s2)cn1. The van der Waals surface area contributed by atoms with Crippen LogP contribution in [0.5, 0.6) is 5.75 Å². The number of nitrogens with two attached hydrogens (primary N) is 1. The van der Waals surface area contributed by atoms with E-state index in [2.05, 4.69) is 10.5 Å². The third-order valence-corrected chi connectivity index (χ3v) is 3.14. The van der Waals surface area contributed by atoms with Crippen LogP contribution in [0, 0.1) is 0 Å². The zero-order chi connectivity index (χ0) is 12.3. The highest BCUT2D eigenvalue weighted by atomic mass is 32.1. The van der Waals surface area contributed by atoms with Gasteiger partial charge < -0.3 is 4.74 Å². The third kappa shape index (κ3) is 2.83. The Morgan fingerprint density at radius 3 is 3.12 bits per heavy atom. The standard InChI is InChI=1S/C10H12N4O2S/c1-14-5-7(4-12-14)16-6-8-2-3-9(17-8)10(15)13-11/h2-5H,6,11H2,1H3,(H,13,15). The zero-order valence-electron chi connectivity index (χ0n) is 9.21. The number of nitrogens with one attached hydrogen (secondary N) is 1. The first-order chi connectivity index (χ1) is 8.19. The van der Waals surface area contributed by atoms with Gasteiger partial charge in [-0.05, 0) is 12.1 Å². The van der Waals surface area contributed by atoms with E-state index in [4.69, 9.17) is 10.6 Å². The van der Waals surface area contributed by atoms with Gasteiger partial charge in [-0.15, -0.1) is 11.3 Å². The Balaban J connectivity index is 1.95. The number of hydrogen-bond acceptors (Lipinski definition) is 5. The Hall–Kier alpha value is -1.86. The van der Waals surface area contributed by atoms with Crippen molar-refractivity contribution in [3.05, 3.63) is 34.3 Å². The minimum atomic E-state index is -0.289. The molecule has 0 unspecified atom stereocenters. The van der Waals surface area contributed by atoms with Crippen molar-refractivity contribution in [2.24, 2.45) is 12.9 Å². The fraction of sp³-hybridized carbons (Fsp3) is 0.200. The number of aromatic nitrogens is 2. The van der Waals surface area contributed by atoms with Crippen LogP contribution >= 0.6 is 11.3 Å². The second-order valence-corrected chi connectivity index (χ2v) is 4.55.